The zero-order chi connectivity index (χ0) is 21.3. The van der Waals surface area contributed by atoms with Gasteiger partial charge in [0.25, 0.3) is 0 Å². The molecular weight excluding hydrogens is 386 g/mol. The van der Waals surface area contributed by atoms with Gasteiger partial charge in [0.05, 0.1) is 37.0 Å². The lowest BCUT2D eigenvalue weighted by Crippen LogP contribution is -2.62. The minimum Gasteiger partial charge on any atom is -0.395 e. The molecule has 1 fully saturated rings. The molecule has 0 bridgehead atoms. The summed E-state index contributed by atoms with van der Waals surface area (Å²) in [6.45, 7) is 2.35. The van der Waals surface area contributed by atoms with Gasteiger partial charge in [-0.25, -0.2) is 9.98 Å². The second-order valence-electron chi connectivity index (χ2n) is 7.84. The second kappa shape index (κ2) is 11.4. The largest absolute Gasteiger partial charge is 0.395 e. The minimum absolute atomic E-state index is 0.234. The number of aliphatic hydroxyl groups excluding tert-OH is 4. The summed E-state index contributed by atoms with van der Waals surface area (Å²) in [6.07, 6.45) is 8.09. The number of aromatic nitrogens is 1. The number of hydrogen-bond acceptors (Lipinski definition) is 9. The molecule has 0 amide bonds. The Balaban J connectivity index is 1.29. The zero-order valence-electron chi connectivity index (χ0n) is 17.2. The van der Waals surface area contributed by atoms with Crippen molar-refractivity contribution in [2.75, 3.05) is 43.0 Å². The number of anilines is 2. The van der Waals surface area contributed by atoms with Gasteiger partial charge in [-0.1, -0.05) is 12.8 Å². The summed E-state index contributed by atoms with van der Waals surface area (Å²) in [7, 11) is 0. The van der Waals surface area contributed by atoms with Crippen LogP contribution >= 0.6 is 0 Å². The molecule has 30 heavy (non-hydrogen) atoms. The number of aliphatic imine (C=N–C) groups is 1. The molecular formula is C21H33N5O4. The van der Waals surface area contributed by atoms with Crippen molar-refractivity contribution >= 4 is 17.8 Å². The summed E-state index contributed by atoms with van der Waals surface area (Å²) in [5.41, 5.74) is 1.01. The average Bonchev–Trinajstić information content (AvgIpc) is 2.78. The van der Waals surface area contributed by atoms with Gasteiger partial charge in [0.1, 0.15) is 18.0 Å². The molecule has 1 saturated heterocycles. The maximum absolute atomic E-state index is 10.0. The van der Waals surface area contributed by atoms with Crippen LogP contribution in [0.15, 0.2) is 35.6 Å². The van der Waals surface area contributed by atoms with E-state index < -0.39 is 24.4 Å². The van der Waals surface area contributed by atoms with Gasteiger partial charge in [0.15, 0.2) is 0 Å². The number of rotatable bonds is 10. The first kappa shape index (κ1) is 22.6. The van der Waals surface area contributed by atoms with E-state index in [-0.39, 0.29) is 13.2 Å². The normalized spacial score (nSPS) is 26.9. The Morgan fingerprint density at radius 1 is 1.07 bits per heavy atom. The first-order valence-electron chi connectivity index (χ1n) is 10.6. The number of aliphatic hydroxyl groups is 4. The Kier molecular flexibility index (Phi) is 8.59. The lowest BCUT2D eigenvalue weighted by atomic mass is 9.94. The van der Waals surface area contributed by atoms with Crippen LogP contribution in [0.3, 0.4) is 0 Å². The van der Waals surface area contributed by atoms with E-state index in [2.05, 4.69) is 15.3 Å². The van der Waals surface area contributed by atoms with Gasteiger partial charge < -0.3 is 30.6 Å². The molecule has 9 heteroatoms. The average molecular weight is 420 g/mol. The molecule has 166 valence electrons. The number of pyridine rings is 1. The van der Waals surface area contributed by atoms with E-state index >= 15 is 0 Å². The lowest BCUT2D eigenvalue weighted by molar-refractivity contribution is -0.145. The molecule has 0 spiro atoms. The van der Waals surface area contributed by atoms with Gasteiger partial charge in [-0.3, -0.25) is 4.90 Å². The Labute approximate surface area is 177 Å². The van der Waals surface area contributed by atoms with E-state index in [1.165, 1.54) is 0 Å². The molecule has 0 unspecified atom stereocenters. The SMILES string of the molecule is OC[C@@H]1[C@@H](O)[C@H](O)[C@@H](O)CN1CCCCCCNc1ccc(N2C=NC=CC2)cn1. The van der Waals surface area contributed by atoms with Crippen molar-refractivity contribution in [2.45, 2.75) is 50.0 Å². The monoisotopic (exact) mass is 419 g/mol. The topological polar surface area (TPSA) is 125 Å². The van der Waals surface area contributed by atoms with E-state index in [9.17, 15) is 20.4 Å². The van der Waals surface area contributed by atoms with Crippen LogP contribution in [0.5, 0.6) is 0 Å². The van der Waals surface area contributed by atoms with Crippen molar-refractivity contribution < 1.29 is 20.4 Å². The highest BCUT2D eigenvalue weighted by Crippen LogP contribution is 2.20. The van der Waals surface area contributed by atoms with Crippen LogP contribution in [0.2, 0.25) is 0 Å². The maximum atomic E-state index is 10.0. The van der Waals surface area contributed by atoms with Crippen LogP contribution < -0.4 is 10.2 Å². The van der Waals surface area contributed by atoms with Crippen molar-refractivity contribution in [1.82, 2.24) is 9.88 Å². The molecule has 3 rings (SSSR count). The van der Waals surface area contributed by atoms with Crippen molar-refractivity contribution in [3.8, 4) is 0 Å². The number of nitrogens with one attached hydrogen (secondary N) is 1. The number of unbranched alkanes of at least 4 members (excludes halogenated alkanes) is 3. The highest BCUT2D eigenvalue weighted by molar-refractivity contribution is 5.80. The first-order valence-corrected chi connectivity index (χ1v) is 10.6. The van der Waals surface area contributed by atoms with E-state index in [4.69, 9.17) is 0 Å². The molecule has 1 aromatic rings. The summed E-state index contributed by atoms with van der Waals surface area (Å²) < 4.78 is 0. The molecule has 2 aliphatic heterocycles. The number of likely N-dealkylation sites (tertiary alicyclic amines) is 1. The molecule has 5 N–H and O–H groups in total. The Morgan fingerprint density at radius 2 is 1.90 bits per heavy atom. The number of nitrogens with zero attached hydrogens (tertiary/aromatic N) is 4. The Bertz CT molecular complexity index is 699. The molecule has 3 heterocycles. The van der Waals surface area contributed by atoms with Crippen molar-refractivity contribution in [2.24, 2.45) is 4.99 Å². The fraction of sp³-hybridized carbons (Fsp3) is 0.619. The summed E-state index contributed by atoms with van der Waals surface area (Å²) in [4.78, 5) is 12.5. The fourth-order valence-electron chi connectivity index (χ4n) is 3.87. The summed E-state index contributed by atoms with van der Waals surface area (Å²) in [5, 5.41) is 42.4. The highest BCUT2D eigenvalue weighted by atomic mass is 16.4. The predicted octanol–water partition coefficient (Wildman–Crippen LogP) is 0.175. The standard InChI is InChI=1S/C21H33N5O4/c27-14-17-20(29)21(30)18(28)13-25(17)10-4-2-1-3-9-23-19-7-6-16(12-24-19)26-11-5-8-22-15-26/h5-8,12,15,17-18,20-21,27-30H,1-4,9-11,13-14H2,(H,23,24)/t17-,18+,20-,21-/m1/s1. The summed E-state index contributed by atoms with van der Waals surface area (Å²) in [5.74, 6) is 0.851. The third-order valence-corrected chi connectivity index (χ3v) is 5.67. The fourth-order valence-corrected chi connectivity index (χ4v) is 3.87. The maximum Gasteiger partial charge on any atom is 0.126 e. The van der Waals surface area contributed by atoms with Crippen LogP contribution in [0, 0.1) is 0 Å². The van der Waals surface area contributed by atoms with Crippen LogP contribution in [-0.4, -0.2) is 93.8 Å². The van der Waals surface area contributed by atoms with Crippen molar-refractivity contribution in [3.63, 3.8) is 0 Å². The van der Waals surface area contributed by atoms with Gasteiger partial charge in [-0.2, -0.15) is 0 Å². The van der Waals surface area contributed by atoms with Gasteiger partial charge in [-0.15, -0.1) is 0 Å². The molecule has 0 aliphatic carbocycles. The van der Waals surface area contributed by atoms with E-state index in [0.29, 0.717) is 6.54 Å². The molecule has 2 aliphatic rings. The third kappa shape index (κ3) is 5.99. The molecule has 0 aromatic carbocycles. The van der Waals surface area contributed by atoms with Crippen LogP contribution in [0.4, 0.5) is 11.5 Å². The van der Waals surface area contributed by atoms with Crippen molar-refractivity contribution in [3.05, 3.63) is 30.6 Å². The second-order valence-corrected chi connectivity index (χ2v) is 7.84. The number of β-amino-alcohol motifs (C(OH)–C–C–N with tert-alkyl or cyclic N) is 1. The van der Waals surface area contributed by atoms with Crippen molar-refractivity contribution in [1.29, 1.82) is 0 Å². The van der Waals surface area contributed by atoms with Gasteiger partial charge in [0.2, 0.25) is 0 Å². The lowest BCUT2D eigenvalue weighted by Gasteiger charge is -2.43. The molecule has 9 nitrogen and oxygen atoms in total. The number of hydrogen-bond donors (Lipinski definition) is 5. The first-order chi connectivity index (χ1) is 14.6. The molecule has 1 aromatic heterocycles. The summed E-state index contributed by atoms with van der Waals surface area (Å²) >= 11 is 0. The number of piperidine rings is 1. The van der Waals surface area contributed by atoms with E-state index in [1.54, 1.807) is 12.5 Å². The van der Waals surface area contributed by atoms with Crippen LogP contribution in [0.25, 0.3) is 0 Å². The van der Waals surface area contributed by atoms with Crippen LogP contribution in [0.1, 0.15) is 25.7 Å². The molecule has 0 radical (unpaired) electrons. The predicted molar refractivity (Wildman–Crippen MR) is 117 cm³/mol. The molecule has 4 atom stereocenters. The van der Waals surface area contributed by atoms with Gasteiger partial charge >= 0.3 is 0 Å². The third-order valence-electron chi connectivity index (χ3n) is 5.67. The quantitative estimate of drug-likeness (QED) is 0.340. The Morgan fingerprint density at radius 3 is 2.60 bits per heavy atom. The zero-order valence-corrected chi connectivity index (χ0v) is 17.2. The van der Waals surface area contributed by atoms with Gasteiger partial charge in [-0.05, 0) is 37.6 Å². The van der Waals surface area contributed by atoms with E-state index in [1.807, 2.05) is 34.2 Å². The van der Waals surface area contributed by atoms with Crippen LogP contribution in [-0.2, 0) is 0 Å². The minimum atomic E-state index is -1.20. The molecule has 0 saturated carbocycles. The Hall–Kier alpha value is -2.04. The summed E-state index contributed by atoms with van der Waals surface area (Å²) in [6, 6.07) is 3.47. The van der Waals surface area contributed by atoms with E-state index in [0.717, 1.165) is 50.3 Å². The smallest absolute Gasteiger partial charge is 0.126 e. The highest BCUT2D eigenvalue weighted by Gasteiger charge is 2.40. The van der Waals surface area contributed by atoms with Gasteiger partial charge in [0, 0.05) is 25.8 Å².